The van der Waals surface area contributed by atoms with E-state index in [4.69, 9.17) is 11.5 Å². The van der Waals surface area contributed by atoms with Gasteiger partial charge in [0.2, 0.25) is 0 Å². The number of halogens is 4. The average Bonchev–Trinajstić information content (AvgIpc) is 2.39. The number of hydrogen-bond acceptors (Lipinski definition) is 2. The van der Waals surface area contributed by atoms with Gasteiger partial charge in [-0.05, 0) is 35.4 Å². The van der Waals surface area contributed by atoms with Crippen LogP contribution in [0, 0.1) is 11.6 Å². The third-order valence-electron chi connectivity index (χ3n) is 2.90. The molecule has 2 aromatic rings. The van der Waals surface area contributed by atoms with Crippen LogP contribution in [0.15, 0.2) is 48.5 Å². The number of hydrogen-bond donors (Lipinski definition) is 2. The second-order valence-electron chi connectivity index (χ2n) is 4.15. The van der Waals surface area contributed by atoms with Gasteiger partial charge in [0.25, 0.3) is 0 Å². The monoisotopic (exact) mass is 320 g/mol. The molecule has 2 atom stereocenters. The van der Waals surface area contributed by atoms with Gasteiger partial charge in [-0.1, -0.05) is 24.3 Å². The number of rotatable bonds is 3. The van der Waals surface area contributed by atoms with Crippen LogP contribution in [-0.4, -0.2) is 0 Å². The van der Waals surface area contributed by atoms with Crippen molar-refractivity contribution in [2.75, 3.05) is 0 Å². The summed E-state index contributed by atoms with van der Waals surface area (Å²) >= 11 is 0. The van der Waals surface area contributed by atoms with Crippen molar-refractivity contribution < 1.29 is 8.78 Å². The topological polar surface area (TPSA) is 52.0 Å². The molecule has 0 spiro atoms. The summed E-state index contributed by atoms with van der Waals surface area (Å²) in [6.07, 6.45) is 0. The summed E-state index contributed by atoms with van der Waals surface area (Å²) in [7, 11) is 0. The van der Waals surface area contributed by atoms with Gasteiger partial charge in [0, 0.05) is 12.1 Å². The minimum absolute atomic E-state index is 0. The summed E-state index contributed by atoms with van der Waals surface area (Å²) in [6, 6.07) is 10.8. The highest BCUT2D eigenvalue weighted by Gasteiger charge is 2.17. The maximum atomic E-state index is 12.8. The van der Waals surface area contributed by atoms with E-state index in [-0.39, 0.29) is 36.4 Å². The lowest BCUT2D eigenvalue weighted by Gasteiger charge is -2.20. The quantitative estimate of drug-likeness (QED) is 0.909. The van der Waals surface area contributed by atoms with Crippen molar-refractivity contribution in [2.45, 2.75) is 12.1 Å². The maximum absolute atomic E-state index is 12.8. The second kappa shape index (κ2) is 8.17. The van der Waals surface area contributed by atoms with Crippen molar-refractivity contribution in [1.82, 2.24) is 0 Å². The Labute approximate surface area is 129 Å². The first-order valence-corrected chi connectivity index (χ1v) is 5.60. The van der Waals surface area contributed by atoms with E-state index in [2.05, 4.69) is 0 Å². The summed E-state index contributed by atoms with van der Waals surface area (Å²) < 4.78 is 25.6. The van der Waals surface area contributed by atoms with Crippen molar-refractivity contribution >= 4 is 24.8 Å². The fourth-order valence-electron chi connectivity index (χ4n) is 1.78. The third-order valence-corrected chi connectivity index (χ3v) is 2.90. The molecule has 2 aromatic carbocycles. The van der Waals surface area contributed by atoms with Crippen LogP contribution in [0.1, 0.15) is 23.2 Å². The van der Waals surface area contributed by atoms with Gasteiger partial charge in [0.05, 0.1) is 0 Å². The Morgan fingerprint density at radius 1 is 0.600 bits per heavy atom. The molecule has 0 saturated heterocycles. The summed E-state index contributed by atoms with van der Waals surface area (Å²) in [5, 5.41) is 0. The minimum Gasteiger partial charge on any atom is -0.322 e. The zero-order chi connectivity index (χ0) is 13.1. The Kier molecular flexibility index (Phi) is 7.68. The van der Waals surface area contributed by atoms with E-state index in [1.165, 1.54) is 24.3 Å². The Morgan fingerprint density at radius 3 is 1.10 bits per heavy atom. The van der Waals surface area contributed by atoms with Crippen LogP contribution in [-0.2, 0) is 0 Å². The van der Waals surface area contributed by atoms with Gasteiger partial charge in [0.1, 0.15) is 11.6 Å². The zero-order valence-electron chi connectivity index (χ0n) is 10.5. The van der Waals surface area contributed by atoms with Crippen LogP contribution < -0.4 is 11.5 Å². The van der Waals surface area contributed by atoms with Crippen molar-refractivity contribution in [3.8, 4) is 0 Å². The molecule has 0 saturated carbocycles. The average molecular weight is 321 g/mol. The molecule has 6 heteroatoms. The fraction of sp³-hybridized carbons (Fsp3) is 0.143. The van der Waals surface area contributed by atoms with E-state index < -0.39 is 12.1 Å². The highest BCUT2D eigenvalue weighted by molar-refractivity contribution is 5.85. The summed E-state index contributed by atoms with van der Waals surface area (Å²) in [6.45, 7) is 0. The van der Waals surface area contributed by atoms with Crippen LogP contribution in [0.25, 0.3) is 0 Å². The SMILES string of the molecule is Cl.Cl.N[C@H](c1ccc(F)cc1)[C@H](N)c1ccc(F)cc1. The number of benzene rings is 2. The van der Waals surface area contributed by atoms with Gasteiger partial charge >= 0.3 is 0 Å². The van der Waals surface area contributed by atoms with Crippen molar-refractivity contribution in [3.63, 3.8) is 0 Å². The normalized spacial score (nSPS) is 12.8. The van der Waals surface area contributed by atoms with Crippen molar-refractivity contribution in [2.24, 2.45) is 11.5 Å². The predicted octanol–water partition coefficient (Wildman–Crippen LogP) is 3.51. The second-order valence-corrected chi connectivity index (χ2v) is 4.15. The van der Waals surface area contributed by atoms with Gasteiger partial charge < -0.3 is 11.5 Å². The van der Waals surface area contributed by atoms with Gasteiger partial charge in [-0.2, -0.15) is 0 Å². The Hall–Kier alpha value is -1.20. The molecule has 4 N–H and O–H groups in total. The third kappa shape index (κ3) is 4.42. The molecule has 2 rings (SSSR count). The molecule has 0 aromatic heterocycles. The van der Waals surface area contributed by atoms with Crippen LogP contribution in [0.2, 0.25) is 0 Å². The molecule has 0 radical (unpaired) electrons. The zero-order valence-corrected chi connectivity index (χ0v) is 12.1. The van der Waals surface area contributed by atoms with E-state index >= 15 is 0 Å². The molecule has 0 heterocycles. The molecule has 0 bridgehead atoms. The number of nitrogens with two attached hydrogens (primary N) is 2. The highest BCUT2D eigenvalue weighted by atomic mass is 35.5. The predicted molar refractivity (Wildman–Crippen MR) is 81.2 cm³/mol. The fourth-order valence-corrected chi connectivity index (χ4v) is 1.78. The van der Waals surface area contributed by atoms with E-state index in [1.807, 2.05) is 0 Å². The van der Waals surface area contributed by atoms with Crippen LogP contribution >= 0.6 is 24.8 Å². The minimum atomic E-state index is -0.462. The lowest BCUT2D eigenvalue weighted by Crippen LogP contribution is -2.26. The maximum Gasteiger partial charge on any atom is 0.123 e. The molecule has 110 valence electrons. The van der Waals surface area contributed by atoms with E-state index in [0.717, 1.165) is 11.1 Å². The van der Waals surface area contributed by atoms with Gasteiger partial charge in [-0.15, -0.1) is 24.8 Å². The highest BCUT2D eigenvalue weighted by Crippen LogP contribution is 2.24. The van der Waals surface area contributed by atoms with Crippen molar-refractivity contribution in [3.05, 3.63) is 71.3 Å². The van der Waals surface area contributed by atoms with E-state index in [0.29, 0.717) is 0 Å². The molecular formula is C14H16Cl2F2N2. The lowest BCUT2D eigenvalue weighted by molar-refractivity contribution is 0.567. The first-order valence-electron chi connectivity index (χ1n) is 5.60. The summed E-state index contributed by atoms with van der Waals surface area (Å²) in [5.41, 5.74) is 13.5. The van der Waals surface area contributed by atoms with E-state index in [1.54, 1.807) is 24.3 Å². The first kappa shape index (κ1) is 18.8. The summed E-state index contributed by atoms with van der Waals surface area (Å²) in [4.78, 5) is 0. The lowest BCUT2D eigenvalue weighted by atomic mass is 9.95. The smallest absolute Gasteiger partial charge is 0.123 e. The Morgan fingerprint density at radius 2 is 0.850 bits per heavy atom. The molecule has 20 heavy (non-hydrogen) atoms. The molecule has 0 aliphatic heterocycles. The Bertz CT molecular complexity index is 468. The van der Waals surface area contributed by atoms with Gasteiger partial charge in [-0.25, -0.2) is 8.78 Å². The molecule has 0 aliphatic carbocycles. The molecule has 0 amide bonds. The molecular weight excluding hydrogens is 305 g/mol. The van der Waals surface area contributed by atoms with Crippen LogP contribution in [0.3, 0.4) is 0 Å². The van der Waals surface area contributed by atoms with Crippen LogP contribution in [0.5, 0.6) is 0 Å². The van der Waals surface area contributed by atoms with Gasteiger partial charge in [-0.3, -0.25) is 0 Å². The van der Waals surface area contributed by atoms with Crippen LogP contribution in [0.4, 0.5) is 8.78 Å². The standard InChI is InChI=1S/C14H14F2N2.2ClH/c15-11-5-1-9(2-6-11)13(17)14(18)10-3-7-12(16)8-4-10;;/h1-8,13-14H,17-18H2;2*1H/t13-,14-;;/m1../s1. The Balaban J connectivity index is 0.00000180. The van der Waals surface area contributed by atoms with Gasteiger partial charge in [0.15, 0.2) is 0 Å². The molecule has 0 fully saturated rings. The molecule has 0 aliphatic rings. The summed E-state index contributed by atoms with van der Waals surface area (Å²) in [5.74, 6) is -0.636. The van der Waals surface area contributed by atoms with E-state index in [9.17, 15) is 8.78 Å². The molecule has 2 nitrogen and oxygen atoms in total. The first-order chi connectivity index (χ1) is 8.58. The largest absolute Gasteiger partial charge is 0.322 e. The molecule has 0 unspecified atom stereocenters. The van der Waals surface area contributed by atoms with Crippen molar-refractivity contribution in [1.29, 1.82) is 0 Å².